The summed E-state index contributed by atoms with van der Waals surface area (Å²) >= 11 is 13.8. The number of thiophene rings is 1. The Morgan fingerprint density at radius 2 is 1.69 bits per heavy atom. The van der Waals surface area contributed by atoms with E-state index in [-0.39, 0.29) is 38.5 Å². The second-order valence-electron chi connectivity index (χ2n) is 6.76. The maximum atomic E-state index is 13.6. The van der Waals surface area contributed by atoms with Crippen LogP contribution in [0.1, 0.15) is 28.4 Å². The standard InChI is InChI=1S/C22H18Cl2FNO5S/c1-5-31-22(27)16-15(14-10(2)17(23)19(30-4)18(24)11(14)3)20(32-21(16)26(28)29)12-6-8-13(25)9-7-12/h6-9H,5H2,1-4H3. The van der Waals surface area contributed by atoms with Crippen molar-refractivity contribution in [1.82, 2.24) is 0 Å². The van der Waals surface area contributed by atoms with Crippen LogP contribution in [0.4, 0.5) is 9.39 Å². The van der Waals surface area contributed by atoms with Gasteiger partial charge in [-0.2, -0.15) is 0 Å². The number of hydrogen-bond acceptors (Lipinski definition) is 6. The third kappa shape index (κ3) is 4.05. The Kier molecular flexibility index (Phi) is 7.07. The molecule has 0 atom stereocenters. The summed E-state index contributed by atoms with van der Waals surface area (Å²) in [6, 6.07) is 5.45. The van der Waals surface area contributed by atoms with Crippen molar-refractivity contribution in [3.8, 4) is 27.3 Å². The van der Waals surface area contributed by atoms with E-state index >= 15 is 0 Å². The van der Waals surface area contributed by atoms with Crippen LogP contribution in [0.2, 0.25) is 10.0 Å². The maximum Gasteiger partial charge on any atom is 0.346 e. The fraction of sp³-hybridized carbons (Fsp3) is 0.227. The number of carbonyl (C=O) groups is 1. The van der Waals surface area contributed by atoms with Crippen LogP contribution in [0, 0.1) is 29.8 Å². The van der Waals surface area contributed by atoms with E-state index in [0.29, 0.717) is 27.1 Å². The van der Waals surface area contributed by atoms with Crippen LogP contribution in [-0.4, -0.2) is 24.6 Å². The molecule has 0 spiro atoms. The number of hydrogen-bond donors (Lipinski definition) is 0. The van der Waals surface area contributed by atoms with Crippen molar-refractivity contribution >= 4 is 45.5 Å². The molecule has 10 heteroatoms. The number of rotatable bonds is 6. The minimum Gasteiger partial charge on any atom is -0.494 e. The number of ether oxygens (including phenoxy) is 2. The van der Waals surface area contributed by atoms with Crippen molar-refractivity contribution in [2.45, 2.75) is 20.8 Å². The minimum atomic E-state index is -0.847. The maximum absolute atomic E-state index is 13.6. The van der Waals surface area contributed by atoms with E-state index in [9.17, 15) is 19.3 Å². The molecule has 32 heavy (non-hydrogen) atoms. The van der Waals surface area contributed by atoms with E-state index in [1.54, 1.807) is 20.8 Å². The van der Waals surface area contributed by atoms with Crippen LogP contribution in [-0.2, 0) is 4.74 Å². The largest absolute Gasteiger partial charge is 0.494 e. The summed E-state index contributed by atoms with van der Waals surface area (Å²) < 4.78 is 24.0. The van der Waals surface area contributed by atoms with Crippen LogP contribution >= 0.6 is 34.5 Å². The summed E-state index contributed by atoms with van der Waals surface area (Å²) in [4.78, 5) is 24.6. The Labute approximate surface area is 197 Å². The van der Waals surface area contributed by atoms with Gasteiger partial charge in [-0.1, -0.05) is 46.7 Å². The van der Waals surface area contributed by atoms with Crippen molar-refractivity contribution < 1.29 is 23.6 Å². The molecule has 0 aliphatic rings. The summed E-state index contributed by atoms with van der Waals surface area (Å²) in [5, 5.41) is 11.9. The van der Waals surface area contributed by atoms with Gasteiger partial charge in [-0.15, -0.1) is 0 Å². The molecule has 3 rings (SSSR count). The molecular formula is C22H18Cl2FNO5S. The Bertz CT molecular complexity index is 1200. The second-order valence-corrected chi connectivity index (χ2v) is 8.51. The summed E-state index contributed by atoms with van der Waals surface area (Å²) in [6.07, 6.45) is 0. The number of nitrogens with zero attached hydrogens (tertiary/aromatic N) is 1. The minimum absolute atomic E-state index is 0.0270. The molecular weight excluding hydrogens is 480 g/mol. The smallest absolute Gasteiger partial charge is 0.346 e. The number of nitro groups is 1. The zero-order valence-corrected chi connectivity index (χ0v) is 19.9. The van der Waals surface area contributed by atoms with Crippen molar-refractivity contribution in [3.05, 3.63) is 66.9 Å². The predicted octanol–water partition coefficient (Wildman–Crippen LogP) is 7.24. The van der Waals surface area contributed by atoms with Crippen molar-refractivity contribution in [2.75, 3.05) is 13.7 Å². The average Bonchev–Trinajstić information content (AvgIpc) is 3.14. The fourth-order valence-electron chi connectivity index (χ4n) is 3.48. The Balaban J connectivity index is 2.52. The van der Waals surface area contributed by atoms with E-state index in [1.165, 1.54) is 31.4 Å². The molecule has 0 N–H and O–H groups in total. The second kappa shape index (κ2) is 9.44. The molecule has 1 heterocycles. The third-order valence-corrected chi connectivity index (χ3v) is 7.00. The number of carbonyl (C=O) groups excluding carboxylic acids is 1. The first-order valence-corrected chi connectivity index (χ1v) is 11.0. The lowest BCUT2D eigenvalue weighted by Crippen LogP contribution is -2.08. The van der Waals surface area contributed by atoms with Crippen LogP contribution in [0.15, 0.2) is 24.3 Å². The molecule has 0 aliphatic heterocycles. The number of halogens is 3. The van der Waals surface area contributed by atoms with Gasteiger partial charge < -0.3 is 9.47 Å². The highest BCUT2D eigenvalue weighted by Crippen LogP contribution is 2.52. The van der Waals surface area contributed by atoms with Gasteiger partial charge in [-0.3, -0.25) is 10.1 Å². The first-order valence-electron chi connectivity index (χ1n) is 9.40. The van der Waals surface area contributed by atoms with Crippen molar-refractivity contribution in [1.29, 1.82) is 0 Å². The first-order chi connectivity index (χ1) is 15.1. The van der Waals surface area contributed by atoms with Crippen molar-refractivity contribution in [2.24, 2.45) is 0 Å². The topological polar surface area (TPSA) is 78.7 Å². The van der Waals surface area contributed by atoms with Gasteiger partial charge >= 0.3 is 11.0 Å². The molecule has 0 radical (unpaired) electrons. The zero-order chi connectivity index (χ0) is 23.7. The molecule has 3 aromatic rings. The molecule has 0 fully saturated rings. The van der Waals surface area contributed by atoms with Gasteiger partial charge in [0.05, 0.1) is 28.7 Å². The zero-order valence-electron chi connectivity index (χ0n) is 17.5. The molecule has 0 saturated carbocycles. The van der Waals surface area contributed by atoms with Gasteiger partial charge in [0, 0.05) is 10.4 Å². The summed E-state index contributed by atoms with van der Waals surface area (Å²) in [5.41, 5.74) is 2.04. The van der Waals surface area contributed by atoms with E-state index in [0.717, 1.165) is 11.3 Å². The Morgan fingerprint density at radius 1 is 1.12 bits per heavy atom. The summed E-state index contributed by atoms with van der Waals surface area (Å²) in [7, 11) is 1.43. The van der Waals surface area contributed by atoms with E-state index < -0.39 is 16.7 Å². The van der Waals surface area contributed by atoms with E-state index in [2.05, 4.69) is 0 Å². The third-order valence-electron chi connectivity index (χ3n) is 4.90. The van der Waals surface area contributed by atoms with Gasteiger partial charge in [-0.25, -0.2) is 9.18 Å². The Hall–Kier alpha value is -2.68. The molecule has 1 aromatic heterocycles. The van der Waals surface area contributed by atoms with Gasteiger partial charge in [0.2, 0.25) is 0 Å². The molecule has 168 valence electrons. The molecule has 0 aliphatic carbocycles. The average molecular weight is 498 g/mol. The number of methoxy groups -OCH3 is 1. The molecule has 0 saturated heterocycles. The van der Waals surface area contributed by atoms with Crippen LogP contribution in [0.3, 0.4) is 0 Å². The predicted molar refractivity (Wildman–Crippen MR) is 124 cm³/mol. The highest BCUT2D eigenvalue weighted by atomic mass is 35.5. The highest BCUT2D eigenvalue weighted by molar-refractivity contribution is 7.19. The number of benzene rings is 2. The summed E-state index contributed by atoms with van der Waals surface area (Å²) in [6.45, 7) is 5.04. The van der Waals surface area contributed by atoms with E-state index in [1.807, 2.05) is 0 Å². The normalized spacial score (nSPS) is 10.8. The highest BCUT2D eigenvalue weighted by Gasteiger charge is 2.35. The van der Waals surface area contributed by atoms with E-state index in [4.69, 9.17) is 32.7 Å². The molecule has 2 aromatic carbocycles. The van der Waals surface area contributed by atoms with Crippen LogP contribution in [0.5, 0.6) is 5.75 Å². The quantitative estimate of drug-likeness (QED) is 0.203. The van der Waals surface area contributed by atoms with Gasteiger partial charge in [-0.05, 0) is 55.2 Å². The fourth-order valence-corrected chi connectivity index (χ4v) is 5.17. The van der Waals surface area contributed by atoms with Crippen LogP contribution in [0.25, 0.3) is 21.6 Å². The summed E-state index contributed by atoms with van der Waals surface area (Å²) in [5.74, 6) is -1.05. The Morgan fingerprint density at radius 3 is 2.16 bits per heavy atom. The lowest BCUT2D eigenvalue weighted by Gasteiger charge is -2.18. The van der Waals surface area contributed by atoms with Crippen LogP contribution < -0.4 is 4.74 Å². The molecule has 6 nitrogen and oxygen atoms in total. The molecule has 0 bridgehead atoms. The van der Waals surface area contributed by atoms with Crippen molar-refractivity contribution in [3.63, 3.8) is 0 Å². The van der Waals surface area contributed by atoms with Gasteiger partial charge in [0.1, 0.15) is 5.82 Å². The SMILES string of the molecule is CCOC(=O)c1c([N+](=O)[O-])sc(-c2ccc(F)cc2)c1-c1c(C)c(Cl)c(OC)c(Cl)c1C. The first kappa shape index (κ1) is 24.0. The molecule has 0 amide bonds. The van der Waals surface area contributed by atoms with Gasteiger partial charge in [0.15, 0.2) is 11.3 Å². The number of esters is 1. The lowest BCUT2D eigenvalue weighted by molar-refractivity contribution is -0.380. The monoisotopic (exact) mass is 497 g/mol. The lowest BCUT2D eigenvalue weighted by atomic mass is 9.90. The molecule has 0 unspecified atom stereocenters. The van der Waals surface area contributed by atoms with Gasteiger partial charge in [0.25, 0.3) is 0 Å².